The summed E-state index contributed by atoms with van der Waals surface area (Å²) in [6.45, 7) is 7.13. The number of rotatable bonds is 13. The number of nitrogens with one attached hydrogen (secondary N) is 1. The molecule has 0 aliphatic carbocycles. The van der Waals surface area contributed by atoms with Crippen LogP contribution in [0.2, 0.25) is 0 Å². The van der Waals surface area contributed by atoms with Crippen molar-refractivity contribution in [3.05, 3.63) is 56.4 Å². The van der Waals surface area contributed by atoms with E-state index < -0.39 is 22.8 Å². The fourth-order valence-corrected chi connectivity index (χ4v) is 3.91. The minimum Gasteiger partial charge on any atom is -0.493 e. The minimum atomic E-state index is -0.983. The smallest absolute Gasteiger partial charge is 0.336 e. The Bertz CT molecular complexity index is 961. The van der Waals surface area contributed by atoms with Gasteiger partial charge in [-0.1, -0.05) is 13.3 Å². The molecule has 2 rings (SSSR count). The lowest BCUT2D eigenvalue weighted by molar-refractivity contribution is -0.384. The average Bonchev–Trinajstić information content (AvgIpc) is 2.84. The maximum absolute atomic E-state index is 12.8. The van der Waals surface area contributed by atoms with Gasteiger partial charge in [-0.3, -0.25) is 10.1 Å². The summed E-state index contributed by atoms with van der Waals surface area (Å²) in [6, 6.07) is 4.14. The highest BCUT2D eigenvalue weighted by atomic mass is 16.6. The van der Waals surface area contributed by atoms with Crippen LogP contribution in [0.3, 0.4) is 0 Å². The summed E-state index contributed by atoms with van der Waals surface area (Å²) in [6.07, 6.45) is 3.58. The Hall–Kier alpha value is -3.40. The van der Waals surface area contributed by atoms with Gasteiger partial charge in [-0.2, -0.15) is 0 Å². The number of hydrogen-bond acceptors (Lipinski definition) is 9. The number of nitrogens with zero attached hydrogens (tertiary/aromatic N) is 1. The Morgan fingerprint density at radius 2 is 1.54 bits per heavy atom. The van der Waals surface area contributed by atoms with E-state index in [1.54, 1.807) is 13.8 Å². The van der Waals surface area contributed by atoms with Gasteiger partial charge in [0.1, 0.15) is 5.75 Å². The first-order chi connectivity index (χ1) is 16.8. The average molecular weight is 491 g/mol. The number of carbonyl (C=O) groups excluding carboxylic acids is 2. The van der Waals surface area contributed by atoms with Gasteiger partial charge in [0, 0.05) is 42.3 Å². The van der Waals surface area contributed by atoms with Crippen molar-refractivity contribution < 1.29 is 33.5 Å². The van der Waals surface area contributed by atoms with E-state index in [1.807, 2.05) is 0 Å². The monoisotopic (exact) mass is 490 g/mol. The van der Waals surface area contributed by atoms with Gasteiger partial charge < -0.3 is 24.3 Å². The quantitative estimate of drug-likeness (QED) is 0.188. The number of nitro groups is 1. The van der Waals surface area contributed by atoms with Crippen molar-refractivity contribution in [1.29, 1.82) is 0 Å². The van der Waals surface area contributed by atoms with Crippen LogP contribution < -0.4 is 10.1 Å². The highest BCUT2D eigenvalue weighted by molar-refractivity contribution is 6.00. The highest BCUT2D eigenvalue weighted by Gasteiger charge is 2.39. The van der Waals surface area contributed by atoms with Crippen molar-refractivity contribution in [2.75, 3.05) is 34.0 Å². The zero-order valence-corrected chi connectivity index (χ0v) is 21.0. The van der Waals surface area contributed by atoms with E-state index in [0.29, 0.717) is 42.3 Å². The second-order valence-electron chi connectivity index (χ2n) is 8.12. The summed E-state index contributed by atoms with van der Waals surface area (Å²) in [5.74, 6) is -1.99. The van der Waals surface area contributed by atoms with Gasteiger partial charge in [-0.05, 0) is 39.2 Å². The number of methoxy groups -OCH3 is 2. The molecule has 10 nitrogen and oxygen atoms in total. The molecule has 0 saturated heterocycles. The lowest BCUT2D eigenvalue weighted by Gasteiger charge is -2.30. The first kappa shape index (κ1) is 27.8. The van der Waals surface area contributed by atoms with E-state index in [-0.39, 0.29) is 16.8 Å². The number of allylic oxidation sites excluding steroid dienone is 2. The van der Waals surface area contributed by atoms with Crippen LogP contribution in [-0.2, 0) is 23.8 Å². The van der Waals surface area contributed by atoms with Crippen LogP contribution in [0.25, 0.3) is 0 Å². The fraction of sp³-hybridized carbons (Fsp3) is 0.520. The molecule has 1 aromatic carbocycles. The molecule has 35 heavy (non-hydrogen) atoms. The summed E-state index contributed by atoms with van der Waals surface area (Å²) in [4.78, 5) is 36.6. The first-order valence-corrected chi connectivity index (χ1v) is 11.6. The van der Waals surface area contributed by atoms with Crippen molar-refractivity contribution in [2.24, 2.45) is 0 Å². The van der Waals surface area contributed by atoms with E-state index in [4.69, 9.17) is 18.9 Å². The van der Waals surface area contributed by atoms with Crippen molar-refractivity contribution >= 4 is 17.6 Å². The molecule has 0 amide bonds. The lowest BCUT2D eigenvalue weighted by atomic mass is 9.80. The highest BCUT2D eigenvalue weighted by Crippen LogP contribution is 2.44. The molecule has 1 heterocycles. The normalized spacial score (nSPS) is 14.0. The summed E-state index contributed by atoms with van der Waals surface area (Å²) in [5, 5.41) is 14.6. The van der Waals surface area contributed by atoms with Gasteiger partial charge in [0.25, 0.3) is 5.69 Å². The summed E-state index contributed by atoms with van der Waals surface area (Å²) in [7, 11) is 2.46. The number of dihydropyridines is 1. The van der Waals surface area contributed by atoms with E-state index in [1.165, 1.54) is 32.4 Å². The molecular weight excluding hydrogens is 456 g/mol. The summed E-state index contributed by atoms with van der Waals surface area (Å²) in [5.41, 5.74) is 1.34. The molecule has 0 saturated carbocycles. The van der Waals surface area contributed by atoms with Crippen LogP contribution in [-0.4, -0.2) is 50.9 Å². The fourth-order valence-electron chi connectivity index (χ4n) is 3.91. The molecule has 10 heteroatoms. The number of benzene rings is 1. The predicted octanol–water partition coefficient (Wildman–Crippen LogP) is 4.15. The standard InChI is InChI=1S/C25H34N2O8/c1-6-7-12-34-13-8-9-14-35-20-11-10-18(27(30)31)15-19(20)23-21(24(28)32-4)16(2)26-17(3)22(23)25(29)33-5/h10-11,15,23,26H,6-9,12-14H2,1-5H3. The maximum atomic E-state index is 12.8. The second-order valence-corrected chi connectivity index (χ2v) is 8.12. The first-order valence-electron chi connectivity index (χ1n) is 11.6. The molecule has 1 aromatic rings. The number of hydrogen-bond donors (Lipinski definition) is 1. The Morgan fingerprint density at radius 3 is 2.09 bits per heavy atom. The van der Waals surface area contributed by atoms with Crippen LogP contribution in [0.15, 0.2) is 40.7 Å². The largest absolute Gasteiger partial charge is 0.493 e. The van der Waals surface area contributed by atoms with Gasteiger partial charge in [0.05, 0.1) is 42.8 Å². The van der Waals surface area contributed by atoms with Gasteiger partial charge in [-0.15, -0.1) is 0 Å². The predicted molar refractivity (Wildman–Crippen MR) is 129 cm³/mol. The molecule has 0 radical (unpaired) electrons. The van der Waals surface area contributed by atoms with Crippen molar-refractivity contribution in [3.63, 3.8) is 0 Å². The van der Waals surface area contributed by atoms with Crippen molar-refractivity contribution in [3.8, 4) is 5.75 Å². The number of carbonyl (C=O) groups is 2. The van der Waals surface area contributed by atoms with Crippen LogP contribution in [0, 0.1) is 10.1 Å². The van der Waals surface area contributed by atoms with Crippen LogP contribution >= 0.6 is 0 Å². The molecule has 0 spiro atoms. The van der Waals surface area contributed by atoms with Crippen molar-refractivity contribution in [2.45, 2.75) is 52.4 Å². The van der Waals surface area contributed by atoms with Gasteiger partial charge in [0.2, 0.25) is 0 Å². The topological polar surface area (TPSA) is 126 Å². The van der Waals surface area contributed by atoms with Crippen molar-refractivity contribution in [1.82, 2.24) is 5.32 Å². The molecule has 192 valence electrons. The Morgan fingerprint density at radius 1 is 0.971 bits per heavy atom. The molecule has 1 aliphatic rings. The molecule has 0 aromatic heterocycles. The molecule has 1 N–H and O–H groups in total. The Balaban J connectivity index is 2.44. The molecule has 0 unspecified atom stereocenters. The van der Waals surface area contributed by atoms with E-state index in [0.717, 1.165) is 25.9 Å². The summed E-state index contributed by atoms with van der Waals surface area (Å²) < 4.78 is 21.5. The number of ether oxygens (including phenoxy) is 4. The molecule has 0 fully saturated rings. The molecule has 0 atom stereocenters. The third-order valence-electron chi connectivity index (χ3n) is 5.67. The lowest BCUT2D eigenvalue weighted by Crippen LogP contribution is -2.32. The zero-order chi connectivity index (χ0) is 26.0. The maximum Gasteiger partial charge on any atom is 0.336 e. The van der Waals surface area contributed by atoms with Crippen LogP contribution in [0.5, 0.6) is 5.75 Å². The van der Waals surface area contributed by atoms with Crippen LogP contribution in [0.4, 0.5) is 5.69 Å². The molecule has 1 aliphatic heterocycles. The third-order valence-corrected chi connectivity index (χ3v) is 5.67. The number of esters is 2. The van der Waals surface area contributed by atoms with Crippen LogP contribution in [0.1, 0.15) is 57.9 Å². The third kappa shape index (κ3) is 7.05. The Kier molecular flexibility index (Phi) is 10.7. The van der Waals surface area contributed by atoms with E-state index in [2.05, 4.69) is 12.2 Å². The summed E-state index contributed by atoms with van der Waals surface area (Å²) >= 11 is 0. The van der Waals surface area contributed by atoms with Gasteiger partial charge in [0.15, 0.2) is 0 Å². The number of non-ortho nitro benzene ring substituents is 1. The zero-order valence-electron chi connectivity index (χ0n) is 21.0. The SMILES string of the molecule is CCCCOCCCCOc1ccc([N+](=O)[O-])cc1C1C(C(=O)OC)=C(C)NC(C)=C1C(=O)OC. The number of nitro benzene ring substituents is 1. The number of unbranched alkanes of at least 4 members (excludes halogenated alkanes) is 2. The minimum absolute atomic E-state index is 0.146. The van der Waals surface area contributed by atoms with Gasteiger partial charge in [-0.25, -0.2) is 9.59 Å². The second kappa shape index (κ2) is 13.5. The van der Waals surface area contributed by atoms with E-state index >= 15 is 0 Å². The van der Waals surface area contributed by atoms with E-state index in [9.17, 15) is 19.7 Å². The molecule has 0 bridgehead atoms. The van der Waals surface area contributed by atoms with Gasteiger partial charge >= 0.3 is 11.9 Å². The molecular formula is C25H34N2O8. The Labute approximate surface area is 205 Å².